The molecule has 0 amide bonds. The van der Waals surface area contributed by atoms with E-state index in [1.54, 1.807) is 6.92 Å². The minimum absolute atomic E-state index is 0.385. The van der Waals surface area contributed by atoms with E-state index in [0.717, 1.165) is 5.56 Å². The summed E-state index contributed by atoms with van der Waals surface area (Å²) < 4.78 is 5.46. The Morgan fingerprint density at radius 3 is 1.90 bits per heavy atom. The lowest BCUT2D eigenvalue weighted by Gasteiger charge is -2.44. The van der Waals surface area contributed by atoms with Gasteiger partial charge in [-0.3, -0.25) is 4.79 Å². The number of esters is 1. The highest BCUT2D eigenvalue weighted by Crippen LogP contribution is 2.45. The molecule has 0 aliphatic rings. The van der Waals surface area contributed by atoms with Gasteiger partial charge in [-0.15, -0.1) is 0 Å². The number of ether oxygens (including phenoxy) is 1. The normalized spacial score (nSPS) is 17.0. The molecule has 3 heteroatoms. The van der Waals surface area contributed by atoms with Gasteiger partial charge < -0.3 is 9.84 Å². The second-order valence-corrected chi connectivity index (χ2v) is 7.64. The van der Waals surface area contributed by atoms with Crippen LogP contribution in [-0.2, 0) is 15.1 Å². The average Bonchev–Trinajstić information content (AvgIpc) is 2.34. The van der Waals surface area contributed by atoms with Crippen LogP contribution >= 0.6 is 0 Å². The van der Waals surface area contributed by atoms with Gasteiger partial charge in [-0.05, 0) is 38.7 Å². The molecule has 0 saturated heterocycles. The highest BCUT2D eigenvalue weighted by Gasteiger charge is 2.50. The maximum Gasteiger partial charge on any atom is 0.312 e. The lowest BCUT2D eigenvalue weighted by atomic mass is 9.65. The highest BCUT2D eigenvalue weighted by molar-refractivity contribution is 5.74. The van der Waals surface area contributed by atoms with Gasteiger partial charge in [0.2, 0.25) is 0 Å². The third-order valence-corrected chi connectivity index (χ3v) is 3.74. The van der Waals surface area contributed by atoms with E-state index < -0.39 is 22.5 Å². The minimum Gasteiger partial charge on any atom is -0.460 e. The largest absolute Gasteiger partial charge is 0.460 e. The van der Waals surface area contributed by atoms with Crippen molar-refractivity contribution in [2.45, 2.75) is 59.7 Å². The topological polar surface area (TPSA) is 46.5 Å². The van der Waals surface area contributed by atoms with Crippen LogP contribution in [-0.4, -0.2) is 16.7 Å². The minimum atomic E-state index is -1.30. The predicted molar refractivity (Wildman–Crippen MR) is 84.8 cm³/mol. The van der Waals surface area contributed by atoms with Gasteiger partial charge >= 0.3 is 5.97 Å². The third-order valence-electron chi connectivity index (χ3n) is 3.74. The summed E-state index contributed by atoms with van der Waals surface area (Å²) in [5.74, 6) is -1.05. The molecule has 0 spiro atoms. The monoisotopic (exact) mass is 292 g/mol. The Balaban J connectivity index is 3.24. The van der Waals surface area contributed by atoms with Crippen LogP contribution in [0.4, 0.5) is 0 Å². The third kappa shape index (κ3) is 3.85. The summed E-state index contributed by atoms with van der Waals surface area (Å²) in [6, 6.07) is 9.34. The molecule has 0 fully saturated rings. The van der Waals surface area contributed by atoms with Crippen LogP contribution in [0.2, 0.25) is 0 Å². The Morgan fingerprint density at radius 1 is 1.05 bits per heavy atom. The van der Waals surface area contributed by atoms with Gasteiger partial charge in [-0.2, -0.15) is 0 Å². The first-order chi connectivity index (χ1) is 9.39. The van der Waals surface area contributed by atoms with Crippen molar-refractivity contribution >= 4 is 5.97 Å². The molecule has 1 aromatic rings. The maximum absolute atomic E-state index is 12.4. The SMILES string of the molecule is C[C@H](C(=O)OC(C)(C)C)[C@](O)(c1ccccc1)C(C)(C)C. The molecule has 118 valence electrons. The molecule has 0 bridgehead atoms. The standard InChI is InChI=1S/C18H28O3/c1-13(15(19)21-17(5,6)7)18(20,16(2,3)4)14-11-9-8-10-12-14/h8-13,20H,1-7H3/t13-,18+/m1/s1. The van der Waals surface area contributed by atoms with Crippen molar-refractivity contribution in [1.82, 2.24) is 0 Å². The zero-order valence-electron chi connectivity index (χ0n) is 14.2. The lowest BCUT2D eigenvalue weighted by molar-refractivity contribution is -0.180. The van der Waals surface area contributed by atoms with Crippen molar-refractivity contribution in [2.75, 3.05) is 0 Å². The fourth-order valence-electron chi connectivity index (χ4n) is 2.59. The zero-order valence-corrected chi connectivity index (χ0v) is 14.2. The van der Waals surface area contributed by atoms with E-state index in [2.05, 4.69) is 0 Å². The number of rotatable bonds is 3. The molecule has 21 heavy (non-hydrogen) atoms. The van der Waals surface area contributed by atoms with Crippen LogP contribution in [0.5, 0.6) is 0 Å². The first kappa shape index (κ1) is 17.7. The number of benzene rings is 1. The van der Waals surface area contributed by atoms with Crippen molar-refractivity contribution in [2.24, 2.45) is 11.3 Å². The van der Waals surface area contributed by atoms with E-state index in [9.17, 15) is 9.90 Å². The maximum atomic E-state index is 12.4. The number of aliphatic hydroxyl groups is 1. The number of hydrogen-bond donors (Lipinski definition) is 1. The summed E-state index contributed by atoms with van der Waals surface area (Å²) in [6.45, 7) is 13.0. The fourth-order valence-corrected chi connectivity index (χ4v) is 2.59. The number of carbonyl (C=O) groups excluding carboxylic acids is 1. The van der Waals surface area contributed by atoms with Gasteiger partial charge in [0.15, 0.2) is 0 Å². The molecule has 0 radical (unpaired) electrons. The van der Waals surface area contributed by atoms with E-state index in [0.29, 0.717) is 0 Å². The Kier molecular flexibility index (Phi) is 4.89. The van der Waals surface area contributed by atoms with Crippen molar-refractivity contribution in [3.8, 4) is 0 Å². The molecule has 0 heterocycles. The molecular formula is C18H28O3. The first-order valence-corrected chi connectivity index (χ1v) is 7.40. The quantitative estimate of drug-likeness (QED) is 0.859. The van der Waals surface area contributed by atoms with E-state index >= 15 is 0 Å². The van der Waals surface area contributed by atoms with Gasteiger partial charge in [0, 0.05) is 0 Å². The molecule has 1 aromatic carbocycles. The Hall–Kier alpha value is -1.35. The van der Waals surface area contributed by atoms with Gasteiger partial charge in [-0.25, -0.2) is 0 Å². The molecule has 3 nitrogen and oxygen atoms in total. The average molecular weight is 292 g/mol. The summed E-state index contributed by atoms with van der Waals surface area (Å²) >= 11 is 0. The van der Waals surface area contributed by atoms with Crippen LogP contribution in [0.25, 0.3) is 0 Å². The molecule has 0 saturated carbocycles. The summed E-state index contributed by atoms with van der Waals surface area (Å²) in [4.78, 5) is 12.4. The Morgan fingerprint density at radius 2 is 1.52 bits per heavy atom. The number of carbonyl (C=O) groups is 1. The summed E-state index contributed by atoms with van der Waals surface area (Å²) in [7, 11) is 0. The Bertz CT molecular complexity index is 479. The van der Waals surface area contributed by atoms with Gasteiger partial charge in [0.25, 0.3) is 0 Å². The molecule has 2 atom stereocenters. The predicted octanol–water partition coefficient (Wildman–Crippen LogP) is 3.90. The molecule has 0 aliphatic heterocycles. The van der Waals surface area contributed by atoms with Crippen LogP contribution in [0.15, 0.2) is 30.3 Å². The molecule has 0 unspecified atom stereocenters. The van der Waals surface area contributed by atoms with E-state index in [-0.39, 0.29) is 5.97 Å². The van der Waals surface area contributed by atoms with E-state index in [1.165, 1.54) is 0 Å². The van der Waals surface area contributed by atoms with Gasteiger partial charge in [-0.1, -0.05) is 51.1 Å². The summed E-state index contributed by atoms with van der Waals surface area (Å²) in [6.07, 6.45) is 0. The second kappa shape index (κ2) is 5.80. The van der Waals surface area contributed by atoms with E-state index in [1.807, 2.05) is 71.9 Å². The smallest absolute Gasteiger partial charge is 0.312 e. The fraction of sp³-hybridized carbons (Fsp3) is 0.611. The summed E-state index contributed by atoms with van der Waals surface area (Å²) in [5.41, 5.74) is -1.64. The molecule has 0 aromatic heterocycles. The van der Waals surface area contributed by atoms with Gasteiger partial charge in [0.05, 0.1) is 5.92 Å². The van der Waals surface area contributed by atoms with Crippen molar-refractivity contribution in [1.29, 1.82) is 0 Å². The molecule has 1 rings (SSSR count). The van der Waals surface area contributed by atoms with Gasteiger partial charge in [0.1, 0.15) is 11.2 Å². The lowest BCUT2D eigenvalue weighted by Crippen LogP contribution is -2.49. The molecular weight excluding hydrogens is 264 g/mol. The van der Waals surface area contributed by atoms with Crippen LogP contribution < -0.4 is 0 Å². The van der Waals surface area contributed by atoms with E-state index in [4.69, 9.17) is 4.74 Å². The first-order valence-electron chi connectivity index (χ1n) is 7.40. The van der Waals surface area contributed by atoms with Crippen molar-refractivity contribution in [3.63, 3.8) is 0 Å². The van der Waals surface area contributed by atoms with Crippen LogP contribution in [0.1, 0.15) is 54.0 Å². The Labute approximate surface area is 128 Å². The molecule has 1 N–H and O–H groups in total. The van der Waals surface area contributed by atoms with Crippen LogP contribution in [0.3, 0.4) is 0 Å². The second-order valence-electron chi connectivity index (χ2n) is 7.64. The number of hydrogen-bond acceptors (Lipinski definition) is 3. The van der Waals surface area contributed by atoms with Crippen LogP contribution in [0, 0.1) is 11.3 Å². The summed E-state index contributed by atoms with van der Waals surface area (Å²) in [5, 5.41) is 11.4. The highest BCUT2D eigenvalue weighted by atomic mass is 16.6. The van der Waals surface area contributed by atoms with Crippen molar-refractivity contribution in [3.05, 3.63) is 35.9 Å². The van der Waals surface area contributed by atoms with Crippen molar-refractivity contribution < 1.29 is 14.6 Å². The molecule has 0 aliphatic carbocycles. The zero-order chi connectivity index (χ0) is 16.5.